The molecule has 0 unspecified atom stereocenters. The zero-order chi connectivity index (χ0) is 10.0. The number of halogens is 1. The van der Waals surface area contributed by atoms with Crippen LogP contribution >= 0.6 is 0 Å². The van der Waals surface area contributed by atoms with Crippen LogP contribution in [0.5, 0.6) is 0 Å². The van der Waals surface area contributed by atoms with Crippen LogP contribution in [0.2, 0.25) is 0 Å². The van der Waals surface area contributed by atoms with E-state index in [1.165, 1.54) is 18.8 Å². The van der Waals surface area contributed by atoms with Crippen LogP contribution < -0.4 is 5.32 Å². The minimum absolute atomic E-state index is 0.165. The van der Waals surface area contributed by atoms with Crippen LogP contribution in [0.25, 0.3) is 0 Å². The van der Waals surface area contributed by atoms with Crippen molar-refractivity contribution in [2.75, 3.05) is 5.32 Å². The number of aromatic nitrogens is 2. The molecule has 1 aliphatic carbocycles. The second kappa shape index (κ2) is 3.52. The molecule has 1 heterocycles. The summed E-state index contributed by atoms with van der Waals surface area (Å²) in [5.74, 6) is 0.141. The van der Waals surface area contributed by atoms with Crippen molar-refractivity contribution in [3.8, 4) is 0 Å². The van der Waals surface area contributed by atoms with Gasteiger partial charge in [0.25, 0.3) is 0 Å². The number of nitrogens with one attached hydrogen (secondary N) is 1. The molecule has 0 radical (unpaired) electrons. The molecule has 1 N–H and O–H groups in total. The molecule has 1 aromatic heterocycles. The molecule has 0 amide bonds. The van der Waals surface area contributed by atoms with Gasteiger partial charge in [0.15, 0.2) is 5.82 Å². The molecule has 1 fully saturated rings. The van der Waals surface area contributed by atoms with Gasteiger partial charge in [0.1, 0.15) is 0 Å². The molecule has 1 aliphatic rings. The summed E-state index contributed by atoms with van der Waals surface area (Å²) in [6.45, 7) is 2.15. The SMILES string of the molecule is CCC1(Nc2ncc(F)cn2)CCC1. The maximum atomic E-state index is 12.5. The van der Waals surface area contributed by atoms with E-state index in [4.69, 9.17) is 0 Å². The van der Waals surface area contributed by atoms with E-state index >= 15 is 0 Å². The van der Waals surface area contributed by atoms with Gasteiger partial charge in [-0.05, 0) is 25.7 Å². The topological polar surface area (TPSA) is 37.8 Å². The van der Waals surface area contributed by atoms with E-state index in [0.29, 0.717) is 5.95 Å². The monoisotopic (exact) mass is 195 g/mol. The first-order valence-electron chi connectivity index (χ1n) is 5.00. The molecular formula is C10H14FN3. The third-order valence-electron chi connectivity index (χ3n) is 2.98. The molecule has 76 valence electrons. The predicted octanol–water partition coefficient (Wildman–Crippen LogP) is 2.36. The second-order valence-corrected chi connectivity index (χ2v) is 3.84. The van der Waals surface area contributed by atoms with Gasteiger partial charge in [0.2, 0.25) is 5.95 Å². The van der Waals surface area contributed by atoms with Gasteiger partial charge in [-0.2, -0.15) is 0 Å². The van der Waals surface area contributed by atoms with E-state index in [0.717, 1.165) is 19.3 Å². The Kier molecular flexibility index (Phi) is 2.35. The maximum Gasteiger partial charge on any atom is 0.223 e. The van der Waals surface area contributed by atoms with Gasteiger partial charge in [-0.25, -0.2) is 14.4 Å². The minimum Gasteiger partial charge on any atom is -0.349 e. The van der Waals surface area contributed by atoms with Crippen LogP contribution in [-0.2, 0) is 0 Å². The summed E-state index contributed by atoms with van der Waals surface area (Å²) < 4.78 is 12.5. The molecule has 3 nitrogen and oxygen atoms in total. The number of nitrogens with zero attached hydrogens (tertiary/aromatic N) is 2. The molecular weight excluding hydrogens is 181 g/mol. The van der Waals surface area contributed by atoms with Crippen LogP contribution in [0.3, 0.4) is 0 Å². The average Bonchev–Trinajstić information content (AvgIpc) is 2.15. The van der Waals surface area contributed by atoms with Crippen LogP contribution in [-0.4, -0.2) is 15.5 Å². The standard InChI is InChI=1S/C10H14FN3/c1-2-10(4-3-5-10)14-9-12-6-8(11)7-13-9/h6-7H,2-5H2,1H3,(H,12,13,14). The van der Waals surface area contributed by atoms with E-state index in [1.54, 1.807) is 0 Å². The minimum atomic E-state index is -0.394. The van der Waals surface area contributed by atoms with E-state index in [2.05, 4.69) is 22.2 Å². The van der Waals surface area contributed by atoms with Gasteiger partial charge in [-0.3, -0.25) is 0 Å². The summed E-state index contributed by atoms with van der Waals surface area (Å²) in [6.07, 6.45) is 7.01. The first-order valence-corrected chi connectivity index (χ1v) is 5.00. The molecule has 2 rings (SSSR count). The van der Waals surface area contributed by atoms with Crippen LogP contribution in [0.15, 0.2) is 12.4 Å². The van der Waals surface area contributed by atoms with Gasteiger partial charge >= 0.3 is 0 Å². The highest BCUT2D eigenvalue weighted by Crippen LogP contribution is 2.36. The molecule has 0 atom stereocenters. The summed E-state index contributed by atoms with van der Waals surface area (Å²) in [7, 11) is 0. The third-order valence-corrected chi connectivity index (χ3v) is 2.98. The van der Waals surface area contributed by atoms with Gasteiger partial charge in [-0.1, -0.05) is 6.92 Å². The Morgan fingerprint density at radius 3 is 2.50 bits per heavy atom. The molecule has 14 heavy (non-hydrogen) atoms. The maximum absolute atomic E-state index is 12.5. The smallest absolute Gasteiger partial charge is 0.223 e. The Morgan fingerprint density at radius 1 is 1.43 bits per heavy atom. The van der Waals surface area contributed by atoms with Gasteiger partial charge in [0.05, 0.1) is 12.4 Å². The molecule has 0 spiro atoms. The second-order valence-electron chi connectivity index (χ2n) is 3.84. The van der Waals surface area contributed by atoms with Crippen LogP contribution in [0.4, 0.5) is 10.3 Å². The fourth-order valence-electron chi connectivity index (χ4n) is 1.78. The van der Waals surface area contributed by atoms with Gasteiger partial charge in [-0.15, -0.1) is 0 Å². The van der Waals surface area contributed by atoms with E-state index in [-0.39, 0.29) is 5.54 Å². The van der Waals surface area contributed by atoms with Crippen LogP contribution in [0.1, 0.15) is 32.6 Å². The molecule has 0 aliphatic heterocycles. The Bertz CT molecular complexity index is 300. The van der Waals surface area contributed by atoms with E-state index in [9.17, 15) is 4.39 Å². The highest BCUT2D eigenvalue weighted by molar-refractivity contribution is 5.29. The first-order chi connectivity index (χ1) is 6.74. The Balaban J connectivity index is 2.06. The zero-order valence-corrected chi connectivity index (χ0v) is 8.26. The normalized spacial score (nSPS) is 18.7. The highest BCUT2D eigenvalue weighted by Gasteiger charge is 2.35. The van der Waals surface area contributed by atoms with Gasteiger partial charge in [0, 0.05) is 5.54 Å². The lowest BCUT2D eigenvalue weighted by molar-refractivity contribution is 0.268. The number of anilines is 1. The number of hydrogen-bond acceptors (Lipinski definition) is 3. The summed E-state index contributed by atoms with van der Waals surface area (Å²) in [4.78, 5) is 7.79. The first kappa shape index (κ1) is 9.37. The van der Waals surface area contributed by atoms with Crippen molar-refractivity contribution in [1.29, 1.82) is 0 Å². The number of hydrogen-bond donors (Lipinski definition) is 1. The summed E-state index contributed by atoms with van der Waals surface area (Å²) in [6, 6.07) is 0. The summed E-state index contributed by atoms with van der Waals surface area (Å²) in [5, 5.41) is 3.28. The Hall–Kier alpha value is -1.19. The molecule has 0 saturated heterocycles. The molecule has 0 aromatic carbocycles. The lowest BCUT2D eigenvalue weighted by atomic mass is 9.75. The molecule has 4 heteroatoms. The largest absolute Gasteiger partial charge is 0.349 e. The fourth-order valence-corrected chi connectivity index (χ4v) is 1.78. The fraction of sp³-hybridized carbons (Fsp3) is 0.600. The quantitative estimate of drug-likeness (QED) is 0.804. The average molecular weight is 195 g/mol. The molecule has 1 aromatic rings. The van der Waals surface area contributed by atoms with Crippen molar-refractivity contribution in [3.05, 3.63) is 18.2 Å². The van der Waals surface area contributed by atoms with Crippen LogP contribution in [0, 0.1) is 5.82 Å². The van der Waals surface area contributed by atoms with Crippen molar-refractivity contribution in [3.63, 3.8) is 0 Å². The summed E-state index contributed by atoms with van der Waals surface area (Å²) in [5.41, 5.74) is 0.165. The van der Waals surface area contributed by atoms with Crippen molar-refractivity contribution in [2.45, 2.75) is 38.1 Å². The van der Waals surface area contributed by atoms with Crippen molar-refractivity contribution >= 4 is 5.95 Å². The predicted molar refractivity (Wildman–Crippen MR) is 52.5 cm³/mol. The van der Waals surface area contributed by atoms with E-state index < -0.39 is 5.82 Å². The third kappa shape index (κ3) is 1.69. The Morgan fingerprint density at radius 2 is 2.07 bits per heavy atom. The lowest BCUT2D eigenvalue weighted by Crippen LogP contribution is -2.44. The Labute approximate surface area is 82.8 Å². The zero-order valence-electron chi connectivity index (χ0n) is 8.26. The molecule has 0 bridgehead atoms. The lowest BCUT2D eigenvalue weighted by Gasteiger charge is -2.41. The van der Waals surface area contributed by atoms with Crippen molar-refractivity contribution in [1.82, 2.24) is 9.97 Å². The van der Waals surface area contributed by atoms with Crippen molar-refractivity contribution < 1.29 is 4.39 Å². The molecule has 1 saturated carbocycles. The number of rotatable bonds is 3. The van der Waals surface area contributed by atoms with Crippen molar-refractivity contribution in [2.24, 2.45) is 0 Å². The van der Waals surface area contributed by atoms with Gasteiger partial charge < -0.3 is 5.32 Å². The van der Waals surface area contributed by atoms with E-state index in [1.807, 2.05) is 0 Å². The summed E-state index contributed by atoms with van der Waals surface area (Å²) >= 11 is 0. The highest BCUT2D eigenvalue weighted by atomic mass is 19.1.